The fourth-order valence-electron chi connectivity index (χ4n) is 1.36. The fraction of sp³-hybridized carbons (Fsp3) is 0.556. The molecular weight excluding hydrogens is 168 g/mol. The van der Waals surface area contributed by atoms with Gasteiger partial charge in [0, 0.05) is 6.54 Å². The molecule has 1 heterocycles. The van der Waals surface area contributed by atoms with E-state index in [0.29, 0.717) is 6.54 Å². The number of rotatable bonds is 2. The molecule has 1 aliphatic rings. The molecule has 2 atom stereocenters. The summed E-state index contributed by atoms with van der Waals surface area (Å²) in [4.78, 5) is 24.4. The summed E-state index contributed by atoms with van der Waals surface area (Å²) in [6.07, 6.45) is 1.62. The minimum Gasteiger partial charge on any atom is -0.343 e. The molecule has 1 aliphatic heterocycles. The van der Waals surface area contributed by atoms with Gasteiger partial charge in [0.05, 0.1) is 0 Å². The van der Waals surface area contributed by atoms with Crippen LogP contribution >= 0.6 is 0 Å². The van der Waals surface area contributed by atoms with E-state index < -0.39 is 6.04 Å². The largest absolute Gasteiger partial charge is 0.343 e. The molecule has 0 saturated carbocycles. The van der Waals surface area contributed by atoms with E-state index in [-0.39, 0.29) is 17.9 Å². The first-order valence-electron chi connectivity index (χ1n) is 4.29. The summed E-state index contributed by atoms with van der Waals surface area (Å²) in [5.74, 6) is -0.152. The minimum atomic E-state index is -0.413. The number of nitrogens with one attached hydrogen (secondary N) is 1. The molecule has 2 amide bonds. The Kier molecular flexibility index (Phi) is 2.70. The summed E-state index contributed by atoms with van der Waals surface area (Å²) in [6.45, 7) is 7.37. The molecule has 0 bridgehead atoms. The Morgan fingerprint density at radius 1 is 1.54 bits per heavy atom. The summed E-state index contributed by atoms with van der Waals surface area (Å²) < 4.78 is 0. The van der Waals surface area contributed by atoms with Gasteiger partial charge in [-0.1, -0.05) is 6.08 Å². The molecule has 1 saturated heterocycles. The Morgan fingerprint density at radius 2 is 2.15 bits per heavy atom. The van der Waals surface area contributed by atoms with Crippen LogP contribution in [-0.4, -0.2) is 35.3 Å². The second-order valence-electron chi connectivity index (χ2n) is 3.19. The van der Waals surface area contributed by atoms with E-state index >= 15 is 0 Å². The van der Waals surface area contributed by atoms with Gasteiger partial charge in [0.25, 0.3) is 0 Å². The average molecular weight is 182 g/mol. The SMILES string of the molecule is C=CCN1C(=O)[C@@H](C)NC(=O)[C@@H]1C. The number of hydrogen-bond acceptors (Lipinski definition) is 2. The van der Waals surface area contributed by atoms with Crippen molar-refractivity contribution in [2.75, 3.05) is 6.54 Å². The van der Waals surface area contributed by atoms with E-state index in [2.05, 4.69) is 11.9 Å². The second-order valence-corrected chi connectivity index (χ2v) is 3.19. The Bertz CT molecular complexity index is 250. The summed E-state index contributed by atoms with van der Waals surface area (Å²) in [6, 6.07) is -0.801. The Hall–Kier alpha value is -1.32. The number of piperazine rings is 1. The first-order chi connectivity index (χ1) is 6.07. The zero-order chi connectivity index (χ0) is 10.0. The molecule has 13 heavy (non-hydrogen) atoms. The highest BCUT2D eigenvalue weighted by Crippen LogP contribution is 2.08. The van der Waals surface area contributed by atoms with Gasteiger partial charge in [-0.25, -0.2) is 0 Å². The maximum absolute atomic E-state index is 11.5. The molecule has 0 unspecified atom stereocenters. The van der Waals surface area contributed by atoms with Crippen LogP contribution in [0.2, 0.25) is 0 Å². The van der Waals surface area contributed by atoms with Crippen molar-refractivity contribution in [1.29, 1.82) is 0 Å². The predicted molar refractivity (Wildman–Crippen MR) is 49.0 cm³/mol. The summed E-state index contributed by atoms with van der Waals surface area (Å²) in [5, 5.41) is 2.60. The average Bonchev–Trinajstić information content (AvgIpc) is 2.09. The van der Waals surface area contributed by atoms with Crippen LogP contribution in [0.5, 0.6) is 0 Å². The third-order valence-corrected chi connectivity index (χ3v) is 2.19. The maximum atomic E-state index is 11.5. The van der Waals surface area contributed by atoms with Crippen LogP contribution in [0.4, 0.5) is 0 Å². The second kappa shape index (κ2) is 3.60. The van der Waals surface area contributed by atoms with Crippen LogP contribution in [-0.2, 0) is 9.59 Å². The third-order valence-electron chi connectivity index (χ3n) is 2.19. The van der Waals surface area contributed by atoms with Gasteiger partial charge in [-0.15, -0.1) is 6.58 Å². The first kappa shape index (κ1) is 9.77. The molecule has 0 aliphatic carbocycles. The minimum absolute atomic E-state index is 0.0491. The number of nitrogens with zero attached hydrogens (tertiary/aromatic N) is 1. The number of carbonyl (C=O) groups is 2. The molecule has 72 valence electrons. The highest BCUT2D eigenvalue weighted by Gasteiger charge is 2.34. The van der Waals surface area contributed by atoms with Crippen molar-refractivity contribution in [3.63, 3.8) is 0 Å². The third kappa shape index (κ3) is 1.71. The van der Waals surface area contributed by atoms with Crippen molar-refractivity contribution < 1.29 is 9.59 Å². The zero-order valence-corrected chi connectivity index (χ0v) is 7.91. The van der Waals surface area contributed by atoms with Gasteiger partial charge < -0.3 is 10.2 Å². The van der Waals surface area contributed by atoms with Crippen molar-refractivity contribution >= 4 is 11.8 Å². The summed E-state index contributed by atoms with van der Waals surface area (Å²) in [5.41, 5.74) is 0. The molecule has 1 rings (SSSR count). The molecule has 4 heteroatoms. The molecule has 0 radical (unpaired) electrons. The number of carbonyl (C=O) groups excluding carboxylic acids is 2. The maximum Gasteiger partial charge on any atom is 0.245 e. The fourth-order valence-corrected chi connectivity index (χ4v) is 1.36. The Labute approximate surface area is 77.6 Å². The van der Waals surface area contributed by atoms with Crippen molar-refractivity contribution in [3.8, 4) is 0 Å². The monoisotopic (exact) mass is 182 g/mol. The van der Waals surface area contributed by atoms with Crippen LogP contribution < -0.4 is 5.32 Å². The molecule has 0 aromatic rings. The van der Waals surface area contributed by atoms with Gasteiger partial charge >= 0.3 is 0 Å². The lowest BCUT2D eigenvalue weighted by molar-refractivity contribution is -0.147. The quantitative estimate of drug-likeness (QED) is 0.607. The van der Waals surface area contributed by atoms with Gasteiger partial charge in [0.2, 0.25) is 11.8 Å². The van der Waals surface area contributed by atoms with E-state index in [4.69, 9.17) is 0 Å². The van der Waals surface area contributed by atoms with Crippen LogP contribution in [0.25, 0.3) is 0 Å². The van der Waals surface area contributed by atoms with E-state index in [1.807, 2.05) is 0 Å². The highest BCUT2D eigenvalue weighted by atomic mass is 16.2. The first-order valence-corrected chi connectivity index (χ1v) is 4.29. The van der Waals surface area contributed by atoms with E-state index in [0.717, 1.165) is 0 Å². The van der Waals surface area contributed by atoms with Crippen molar-refractivity contribution in [2.45, 2.75) is 25.9 Å². The summed E-state index contributed by atoms with van der Waals surface area (Å²) in [7, 11) is 0. The van der Waals surface area contributed by atoms with E-state index in [1.54, 1.807) is 19.9 Å². The summed E-state index contributed by atoms with van der Waals surface area (Å²) >= 11 is 0. The van der Waals surface area contributed by atoms with Crippen molar-refractivity contribution in [2.24, 2.45) is 0 Å². The molecule has 0 aromatic heterocycles. The van der Waals surface area contributed by atoms with Gasteiger partial charge in [0.15, 0.2) is 0 Å². The molecule has 0 aromatic carbocycles. The zero-order valence-electron chi connectivity index (χ0n) is 7.91. The number of amides is 2. The molecule has 4 nitrogen and oxygen atoms in total. The van der Waals surface area contributed by atoms with Crippen molar-refractivity contribution in [1.82, 2.24) is 10.2 Å². The molecule has 1 fully saturated rings. The van der Waals surface area contributed by atoms with Crippen LogP contribution in [0.1, 0.15) is 13.8 Å². The molecule has 1 N–H and O–H groups in total. The Morgan fingerprint density at radius 3 is 2.69 bits per heavy atom. The van der Waals surface area contributed by atoms with E-state index in [9.17, 15) is 9.59 Å². The lowest BCUT2D eigenvalue weighted by atomic mass is 10.1. The topological polar surface area (TPSA) is 49.4 Å². The van der Waals surface area contributed by atoms with Crippen LogP contribution in [0.15, 0.2) is 12.7 Å². The standard InChI is InChI=1S/C9H14N2O2/c1-4-5-11-7(3)8(12)10-6(2)9(11)13/h4,6-7H,1,5H2,2-3H3,(H,10,12)/t6-,7+/m1/s1. The van der Waals surface area contributed by atoms with E-state index in [1.165, 1.54) is 4.90 Å². The predicted octanol–water partition coefficient (Wildman–Crippen LogP) is -0.0922. The lowest BCUT2D eigenvalue weighted by Gasteiger charge is -2.35. The lowest BCUT2D eigenvalue weighted by Crippen LogP contribution is -2.61. The normalized spacial score (nSPS) is 28.6. The van der Waals surface area contributed by atoms with Crippen LogP contribution in [0, 0.1) is 0 Å². The Balaban J connectivity index is 2.81. The van der Waals surface area contributed by atoms with Crippen LogP contribution in [0.3, 0.4) is 0 Å². The van der Waals surface area contributed by atoms with Gasteiger partial charge in [-0.2, -0.15) is 0 Å². The highest BCUT2D eigenvalue weighted by molar-refractivity contribution is 5.96. The van der Waals surface area contributed by atoms with Gasteiger partial charge in [-0.3, -0.25) is 9.59 Å². The number of hydrogen-bond donors (Lipinski definition) is 1. The molecular formula is C9H14N2O2. The van der Waals surface area contributed by atoms with Crippen molar-refractivity contribution in [3.05, 3.63) is 12.7 Å². The smallest absolute Gasteiger partial charge is 0.245 e. The van der Waals surface area contributed by atoms with Gasteiger partial charge in [0.1, 0.15) is 12.1 Å². The van der Waals surface area contributed by atoms with Gasteiger partial charge in [-0.05, 0) is 13.8 Å². The molecule has 0 spiro atoms.